The first-order valence-corrected chi connectivity index (χ1v) is 8.98. The Morgan fingerprint density at radius 1 is 1.31 bits per heavy atom. The second-order valence-corrected chi connectivity index (χ2v) is 7.48. The van der Waals surface area contributed by atoms with Crippen molar-refractivity contribution >= 4 is 0 Å². The molecule has 0 spiro atoms. The van der Waals surface area contributed by atoms with Crippen LogP contribution in [0.3, 0.4) is 0 Å². The van der Waals surface area contributed by atoms with Crippen LogP contribution >= 0.6 is 0 Å². The Bertz CT molecular complexity index is 780. The number of aryl methyl sites for hydroxylation is 1. The quantitative estimate of drug-likeness (QED) is 0.808. The molecule has 0 saturated heterocycles. The van der Waals surface area contributed by atoms with Crippen molar-refractivity contribution in [1.29, 1.82) is 0 Å². The molecule has 0 amide bonds. The van der Waals surface area contributed by atoms with E-state index in [9.17, 15) is 13.2 Å². The second kappa shape index (κ2) is 6.37. The fourth-order valence-corrected chi connectivity index (χ4v) is 3.48. The standard InChI is InChI=1S/C17H22F3N5O/c1-10(16-22-15(23-26-16)12-4-5-12)24(2)7-11-3-6-14-21-13(17(18,19)20)9-25(14)8-11/h9-12H,3-8H2,1-2H3/t10-,11+/m1/s1. The smallest absolute Gasteiger partial charge is 0.338 e. The number of hydrogen-bond donors (Lipinski definition) is 0. The van der Waals surface area contributed by atoms with Gasteiger partial charge in [0.25, 0.3) is 0 Å². The molecule has 1 saturated carbocycles. The monoisotopic (exact) mass is 369 g/mol. The van der Waals surface area contributed by atoms with E-state index in [-0.39, 0.29) is 12.0 Å². The fraction of sp³-hybridized carbons (Fsp3) is 0.706. The van der Waals surface area contributed by atoms with Crippen molar-refractivity contribution in [3.63, 3.8) is 0 Å². The predicted octanol–water partition coefficient (Wildman–Crippen LogP) is 3.42. The Kier molecular flexibility index (Phi) is 4.29. The Morgan fingerprint density at radius 2 is 2.08 bits per heavy atom. The Balaban J connectivity index is 1.38. The maximum Gasteiger partial charge on any atom is 0.434 e. The number of nitrogens with zero attached hydrogens (tertiary/aromatic N) is 5. The maximum atomic E-state index is 12.8. The highest BCUT2D eigenvalue weighted by Crippen LogP contribution is 2.38. The number of imidazole rings is 1. The summed E-state index contributed by atoms with van der Waals surface area (Å²) in [6, 6.07) is -0.0232. The Labute approximate surface area is 149 Å². The molecular weight excluding hydrogens is 347 g/mol. The van der Waals surface area contributed by atoms with Crippen molar-refractivity contribution in [3.8, 4) is 0 Å². The molecule has 142 valence electrons. The molecule has 1 fully saturated rings. The summed E-state index contributed by atoms with van der Waals surface area (Å²) in [4.78, 5) is 10.4. The summed E-state index contributed by atoms with van der Waals surface area (Å²) in [7, 11) is 1.98. The van der Waals surface area contributed by atoms with Gasteiger partial charge in [0.1, 0.15) is 5.82 Å². The number of hydrogen-bond acceptors (Lipinski definition) is 5. The molecule has 1 aliphatic heterocycles. The highest BCUT2D eigenvalue weighted by molar-refractivity contribution is 5.10. The zero-order valence-corrected chi connectivity index (χ0v) is 14.8. The Hall–Kier alpha value is -1.90. The summed E-state index contributed by atoms with van der Waals surface area (Å²) in [6.07, 6.45) is 0.377. The molecular formula is C17H22F3N5O. The molecule has 2 aromatic heterocycles. The average Bonchev–Trinajstić information content (AvgIpc) is 3.15. The van der Waals surface area contributed by atoms with Gasteiger partial charge in [0.15, 0.2) is 11.5 Å². The summed E-state index contributed by atoms with van der Waals surface area (Å²) in [5.74, 6) is 2.63. The van der Waals surface area contributed by atoms with Crippen molar-refractivity contribution < 1.29 is 17.7 Å². The van der Waals surface area contributed by atoms with Crippen LogP contribution in [0.4, 0.5) is 13.2 Å². The fourth-order valence-electron chi connectivity index (χ4n) is 3.48. The van der Waals surface area contributed by atoms with E-state index in [1.54, 1.807) is 4.57 Å². The van der Waals surface area contributed by atoms with Crippen LogP contribution in [-0.2, 0) is 19.1 Å². The van der Waals surface area contributed by atoms with Crippen molar-refractivity contribution in [3.05, 3.63) is 29.4 Å². The lowest BCUT2D eigenvalue weighted by Gasteiger charge is -2.30. The SMILES string of the molecule is C[C@H](c1nc(C2CC2)no1)N(C)C[C@@H]1CCc2nc(C(F)(F)F)cn2C1. The first-order chi connectivity index (χ1) is 12.3. The topological polar surface area (TPSA) is 60.0 Å². The van der Waals surface area contributed by atoms with Gasteiger partial charge in [-0.1, -0.05) is 5.16 Å². The van der Waals surface area contributed by atoms with E-state index in [1.807, 2.05) is 14.0 Å². The van der Waals surface area contributed by atoms with E-state index in [1.165, 1.54) is 0 Å². The van der Waals surface area contributed by atoms with Crippen LogP contribution in [0.5, 0.6) is 0 Å². The summed E-state index contributed by atoms with van der Waals surface area (Å²) in [5, 5.41) is 4.05. The second-order valence-electron chi connectivity index (χ2n) is 7.48. The first kappa shape index (κ1) is 17.5. The van der Waals surface area contributed by atoms with Crippen molar-refractivity contribution in [2.24, 2.45) is 5.92 Å². The lowest BCUT2D eigenvalue weighted by atomic mass is 9.98. The predicted molar refractivity (Wildman–Crippen MR) is 86.4 cm³/mol. The number of rotatable bonds is 5. The summed E-state index contributed by atoms with van der Waals surface area (Å²) >= 11 is 0. The number of fused-ring (bicyclic) bond motifs is 1. The van der Waals surface area contributed by atoms with Gasteiger partial charge in [0, 0.05) is 31.6 Å². The molecule has 0 aromatic carbocycles. The molecule has 0 N–H and O–H groups in total. The van der Waals surface area contributed by atoms with Gasteiger partial charge in [-0.05, 0) is 39.2 Å². The van der Waals surface area contributed by atoms with Crippen LogP contribution in [0.1, 0.15) is 61.4 Å². The van der Waals surface area contributed by atoms with Crippen molar-refractivity contribution in [1.82, 2.24) is 24.6 Å². The highest BCUT2D eigenvalue weighted by Gasteiger charge is 2.36. The molecule has 4 rings (SSSR count). The molecule has 2 aromatic rings. The molecule has 26 heavy (non-hydrogen) atoms. The van der Waals surface area contributed by atoms with E-state index >= 15 is 0 Å². The van der Waals surface area contributed by atoms with E-state index < -0.39 is 11.9 Å². The van der Waals surface area contributed by atoms with Gasteiger partial charge in [0.2, 0.25) is 5.89 Å². The van der Waals surface area contributed by atoms with Gasteiger partial charge in [0.05, 0.1) is 6.04 Å². The minimum absolute atomic E-state index is 0.0232. The van der Waals surface area contributed by atoms with Crippen LogP contribution in [0.2, 0.25) is 0 Å². The molecule has 6 nitrogen and oxygen atoms in total. The third-order valence-corrected chi connectivity index (χ3v) is 5.35. The molecule has 0 radical (unpaired) electrons. The third kappa shape index (κ3) is 3.49. The zero-order chi connectivity index (χ0) is 18.5. The van der Waals surface area contributed by atoms with Crippen LogP contribution < -0.4 is 0 Å². The number of halogens is 3. The highest BCUT2D eigenvalue weighted by atomic mass is 19.4. The van der Waals surface area contributed by atoms with Crippen molar-refractivity contribution in [2.45, 2.75) is 57.3 Å². The van der Waals surface area contributed by atoms with E-state index in [0.717, 1.165) is 37.8 Å². The molecule has 2 aliphatic rings. The minimum Gasteiger partial charge on any atom is -0.338 e. The third-order valence-electron chi connectivity index (χ3n) is 5.35. The van der Waals surface area contributed by atoms with Gasteiger partial charge in [-0.25, -0.2) is 4.98 Å². The van der Waals surface area contributed by atoms with E-state index in [0.29, 0.717) is 30.6 Å². The Morgan fingerprint density at radius 3 is 2.77 bits per heavy atom. The van der Waals surface area contributed by atoms with Gasteiger partial charge >= 0.3 is 6.18 Å². The van der Waals surface area contributed by atoms with Crippen LogP contribution in [0, 0.1) is 5.92 Å². The maximum absolute atomic E-state index is 12.8. The zero-order valence-electron chi connectivity index (χ0n) is 14.8. The molecule has 3 heterocycles. The number of aromatic nitrogens is 4. The summed E-state index contributed by atoms with van der Waals surface area (Å²) in [6.45, 7) is 3.31. The van der Waals surface area contributed by atoms with Crippen LogP contribution in [0.25, 0.3) is 0 Å². The molecule has 9 heteroatoms. The van der Waals surface area contributed by atoms with Crippen LogP contribution in [0.15, 0.2) is 10.7 Å². The molecule has 0 unspecified atom stereocenters. The summed E-state index contributed by atoms with van der Waals surface area (Å²) in [5.41, 5.74) is -0.798. The normalized spacial score (nSPS) is 21.8. The van der Waals surface area contributed by atoms with E-state index in [2.05, 4.69) is 20.0 Å². The first-order valence-electron chi connectivity index (χ1n) is 8.98. The van der Waals surface area contributed by atoms with E-state index in [4.69, 9.17) is 4.52 Å². The largest absolute Gasteiger partial charge is 0.434 e. The van der Waals surface area contributed by atoms with Crippen LogP contribution in [-0.4, -0.2) is 38.2 Å². The van der Waals surface area contributed by atoms with Gasteiger partial charge < -0.3 is 9.09 Å². The van der Waals surface area contributed by atoms with Gasteiger partial charge in [-0.15, -0.1) is 0 Å². The lowest BCUT2D eigenvalue weighted by molar-refractivity contribution is -0.141. The lowest BCUT2D eigenvalue weighted by Crippen LogP contribution is -2.33. The van der Waals surface area contributed by atoms with Crippen molar-refractivity contribution in [2.75, 3.05) is 13.6 Å². The average molecular weight is 369 g/mol. The molecule has 0 bridgehead atoms. The number of alkyl halides is 3. The molecule has 1 aliphatic carbocycles. The summed E-state index contributed by atoms with van der Waals surface area (Å²) < 4.78 is 45.5. The molecule has 2 atom stereocenters. The van der Waals surface area contributed by atoms with Gasteiger partial charge in [-0.2, -0.15) is 18.2 Å². The minimum atomic E-state index is -4.39. The van der Waals surface area contributed by atoms with Gasteiger partial charge in [-0.3, -0.25) is 4.90 Å².